The smallest absolute Gasteiger partial charge is 0.271 e. The van der Waals surface area contributed by atoms with Crippen LogP contribution >= 0.6 is 0 Å². The topological polar surface area (TPSA) is 88.2 Å². The first-order valence-corrected chi connectivity index (χ1v) is 12.7. The highest BCUT2D eigenvalue weighted by Gasteiger charge is 2.36. The highest BCUT2D eigenvalue weighted by atomic mass is 16.5. The second-order valence-electron chi connectivity index (χ2n) is 10.1. The van der Waals surface area contributed by atoms with Gasteiger partial charge in [-0.15, -0.1) is 0 Å². The number of nitriles is 1. The normalized spacial score (nSPS) is 15.1. The second-order valence-corrected chi connectivity index (χ2v) is 10.1. The summed E-state index contributed by atoms with van der Waals surface area (Å²) >= 11 is 0. The fourth-order valence-corrected chi connectivity index (χ4v) is 4.48. The molecule has 2 aromatic carbocycles. The van der Waals surface area contributed by atoms with Gasteiger partial charge in [0.05, 0.1) is 11.8 Å². The third-order valence-corrected chi connectivity index (χ3v) is 6.26. The average molecular weight is 509 g/mol. The molecule has 0 bridgehead atoms. The summed E-state index contributed by atoms with van der Waals surface area (Å²) in [5.41, 5.74) is 4.79. The number of rotatable bonds is 7. The molecule has 0 N–H and O–H groups in total. The number of aromatic nitrogens is 2. The van der Waals surface area contributed by atoms with Crippen LogP contribution in [0, 0.1) is 24.2 Å². The van der Waals surface area contributed by atoms with Gasteiger partial charge in [0.2, 0.25) is 0 Å². The summed E-state index contributed by atoms with van der Waals surface area (Å²) in [4.78, 5) is 27.6. The molecule has 0 fully saturated rings. The maximum Gasteiger partial charge on any atom is 0.271 e. The highest BCUT2D eigenvalue weighted by Crippen LogP contribution is 2.33. The van der Waals surface area contributed by atoms with E-state index in [1.807, 2.05) is 95.4 Å². The van der Waals surface area contributed by atoms with E-state index in [9.17, 15) is 14.9 Å². The molecule has 0 radical (unpaired) electrons. The van der Waals surface area contributed by atoms with E-state index in [0.717, 1.165) is 22.6 Å². The van der Waals surface area contributed by atoms with Crippen LogP contribution in [0.3, 0.4) is 0 Å². The third-order valence-electron chi connectivity index (χ3n) is 6.26. The van der Waals surface area contributed by atoms with Crippen LogP contribution in [0.15, 0.2) is 71.4 Å². The lowest BCUT2D eigenvalue weighted by molar-refractivity contribution is -0.141. The monoisotopic (exact) mass is 508 g/mol. The number of aryl methyl sites for hydroxylation is 1. The quantitative estimate of drug-likeness (QED) is 0.294. The van der Waals surface area contributed by atoms with Crippen molar-refractivity contribution in [2.24, 2.45) is 5.92 Å². The van der Waals surface area contributed by atoms with Gasteiger partial charge in [-0.05, 0) is 81.2 Å². The molecule has 0 atom stereocenters. The number of hydrogen-bond acceptors (Lipinski definition) is 5. The summed E-state index contributed by atoms with van der Waals surface area (Å²) in [5, 5.41) is 14.6. The van der Waals surface area contributed by atoms with Crippen LogP contribution in [0.5, 0.6) is 5.75 Å². The molecule has 1 aliphatic heterocycles. The van der Waals surface area contributed by atoms with Crippen LogP contribution in [-0.4, -0.2) is 39.1 Å². The Morgan fingerprint density at radius 1 is 1.03 bits per heavy atom. The standard InChI is InChI=1S/C31H32N4O3/c1-19(2)17-34-30(36)27(22(6)28(16-32)31(34)37)15-23-18-35(24-10-8-7-9-11-24)33-29(23)26-13-12-25(14-21(26)5)38-20(3)4/h7-15,18-20H,17H2,1-6H3/b27-15+. The van der Waals surface area contributed by atoms with Gasteiger partial charge in [-0.2, -0.15) is 10.4 Å². The molecule has 0 aliphatic carbocycles. The Labute approximate surface area is 223 Å². The zero-order valence-electron chi connectivity index (χ0n) is 22.6. The van der Waals surface area contributed by atoms with Crippen LogP contribution in [0.25, 0.3) is 23.0 Å². The van der Waals surface area contributed by atoms with Gasteiger partial charge < -0.3 is 4.74 Å². The van der Waals surface area contributed by atoms with Crippen LogP contribution in [0.2, 0.25) is 0 Å². The van der Waals surface area contributed by atoms with Crippen LogP contribution < -0.4 is 4.74 Å². The summed E-state index contributed by atoms with van der Waals surface area (Å²) in [7, 11) is 0. The molecule has 2 amide bonds. The van der Waals surface area contributed by atoms with Gasteiger partial charge in [0, 0.05) is 29.4 Å². The number of hydrogen-bond donors (Lipinski definition) is 0. The molecule has 194 valence electrons. The third kappa shape index (κ3) is 5.30. The predicted molar refractivity (Wildman–Crippen MR) is 147 cm³/mol. The van der Waals surface area contributed by atoms with E-state index in [0.29, 0.717) is 22.4 Å². The van der Waals surface area contributed by atoms with Gasteiger partial charge in [0.1, 0.15) is 23.1 Å². The molecule has 1 aliphatic rings. The van der Waals surface area contributed by atoms with Crippen molar-refractivity contribution in [3.63, 3.8) is 0 Å². The summed E-state index contributed by atoms with van der Waals surface area (Å²) in [5.74, 6) is -0.117. The number of carbonyl (C=O) groups excluding carboxylic acids is 2. The minimum Gasteiger partial charge on any atom is -0.491 e. The first-order chi connectivity index (χ1) is 18.1. The molecule has 0 saturated heterocycles. The molecule has 3 aromatic rings. The van der Waals surface area contributed by atoms with Crippen molar-refractivity contribution in [1.82, 2.24) is 14.7 Å². The molecule has 0 unspecified atom stereocenters. The number of amides is 2. The Hall–Kier alpha value is -4.44. The molecule has 1 aromatic heterocycles. The van der Waals surface area contributed by atoms with Gasteiger partial charge in [0.15, 0.2) is 0 Å². The van der Waals surface area contributed by atoms with E-state index in [-0.39, 0.29) is 24.1 Å². The number of benzene rings is 2. The number of para-hydroxylation sites is 1. The van der Waals surface area contributed by atoms with E-state index < -0.39 is 11.8 Å². The summed E-state index contributed by atoms with van der Waals surface area (Å²) < 4.78 is 7.63. The number of carbonyl (C=O) groups is 2. The van der Waals surface area contributed by atoms with Gasteiger partial charge >= 0.3 is 0 Å². The fraction of sp³-hybridized carbons (Fsp3) is 0.290. The van der Waals surface area contributed by atoms with Crippen molar-refractivity contribution in [3.8, 4) is 28.8 Å². The Morgan fingerprint density at radius 2 is 1.74 bits per heavy atom. The molecule has 4 rings (SSSR count). The molecule has 0 saturated carbocycles. The zero-order chi connectivity index (χ0) is 27.6. The van der Waals surface area contributed by atoms with Crippen molar-refractivity contribution in [2.45, 2.75) is 47.6 Å². The molecule has 2 heterocycles. The fourth-order valence-electron chi connectivity index (χ4n) is 4.48. The largest absolute Gasteiger partial charge is 0.491 e. The van der Waals surface area contributed by atoms with Crippen LogP contribution in [-0.2, 0) is 9.59 Å². The minimum absolute atomic E-state index is 0.0140. The molecular weight excluding hydrogens is 476 g/mol. The van der Waals surface area contributed by atoms with E-state index in [1.165, 1.54) is 4.90 Å². The molecule has 7 nitrogen and oxygen atoms in total. The highest BCUT2D eigenvalue weighted by molar-refractivity contribution is 6.19. The van der Waals surface area contributed by atoms with Gasteiger partial charge in [-0.1, -0.05) is 32.0 Å². The van der Waals surface area contributed by atoms with Crippen molar-refractivity contribution >= 4 is 17.9 Å². The first kappa shape index (κ1) is 26.6. The van der Waals surface area contributed by atoms with Crippen LogP contribution in [0.4, 0.5) is 0 Å². The number of ether oxygens (including phenoxy) is 1. The van der Waals surface area contributed by atoms with Gasteiger partial charge in [-0.3, -0.25) is 14.5 Å². The Bertz CT molecular complexity index is 1490. The van der Waals surface area contributed by atoms with E-state index in [2.05, 4.69) is 0 Å². The molecular formula is C31H32N4O3. The number of imide groups is 1. The summed E-state index contributed by atoms with van der Waals surface area (Å²) in [6.45, 7) is 11.7. The lowest BCUT2D eigenvalue weighted by atomic mass is 9.92. The molecule has 38 heavy (non-hydrogen) atoms. The van der Waals surface area contributed by atoms with Crippen LogP contribution in [0.1, 0.15) is 45.7 Å². The second kappa shape index (κ2) is 10.9. The Kier molecular flexibility index (Phi) is 7.63. The maximum atomic E-state index is 13.5. The maximum absolute atomic E-state index is 13.5. The lowest BCUT2D eigenvalue weighted by Gasteiger charge is -2.28. The van der Waals surface area contributed by atoms with E-state index in [4.69, 9.17) is 9.84 Å². The zero-order valence-corrected chi connectivity index (χ0v) is 22.6. The lowest BCUT2D eigenvalue weighted by Crippen LogP contribution is -2.44. The van der Waals surface area contributed by atoms with Gasteiger partial charge in [-0.25, -0.2) is 4.68 Å². The average Bonchev–Trinajstić information content (AvgIpc) is 3.28. The molecule has 7 heteroatoms. The Morgan fingerprint density at radius 3 is 2.34 bits per heavy atom. The van der Waals surface area contributed by atoms with E-state index >= 15 is 0 Å². The molecule has 0 spiro atoms. The Balaban J connectivity index is 1.91. The SMILES string of the molecule is CC1=C(C#N)C(=O)N(CC(C)C)C(=O)/C1=C/c1cn(-c2ccccc2)nc1-c1ccc(OC(C)C)cc1C. The van der Waals surface area contributed by atoms with E-state index in [1.54, 1.807) is 17.7 Å². The van der Waals surface area contributed by atoms with Gasteiger partial charge in [0.25, 0.3) is 11.8 Å². The number of nitrogens with zero attached hydrogens (tertiary/aromatic N) is 4. The van der Waals surface area contributed by atoms with Crippen molar-refractivity contribution in [3.05, 3.63) is 82.6 Å². The summed E-state index contributed by atoms with van der Waals surface area (Å²) in [6, 6.07) is 17.6. The minimum atomic E-state index is -0.544. The van der Waals surface area contributed by atoms with Crippen molar-refractivity contribution < 1.29 is 14.3 Å². The van der Waals surface area contributed by atoms with Crippen molar-refractivity contribution in [1.29, 1.82) is 5.26 Å². The summed E-state index contributed by atoms with van der Waals surface area (Å²) in [6.07, 6.45) is 3.66. The van der Waals surface area contributed by atoms with Crippen molar-refractivity contribution in [2.75, 3.05) is 6.54 Å². The first-order valence-electron chi connectivity index (χ1n) is 12.7. The predicted octanol–water partition coefficient (Wildman–Crippen LogP) is 5.88.